The third-order valence-electron chi connectivity index (χ3n) is 3.05. The summed E-state index contributed by atoms with van der Waals surface area (Å²) in [5.41, 5.74) is -1.76. The summed E-state index contributed by atoms with van der Waals surface area (Å²) in [4.78, 5) is 21.0. The van der Waals surface area contributed by atoms with Crippen LogP contribution in [0.15, 0.2) is 42.5 Å². The molecule has 0 amide bonds. The van der Waals surface area contributed by atoms with E-state index in [1.165, 1.54) is 18.2 Å². The third-order valence-corrected chi connectivity index (χ3v) is 3.05. The van der Waals surface area contributed by atoms with Crippen LogP contribution in [0.1, 0.15) is 5.56 Å². The first-order valence-electron chi connectivity index (χ1n) is 6.50. The topological polar surface area (TPSA) is 89.7 Å². The number of halogens is 3. The zero-order chi connectivity index (χ0) is 17.9. The van der Waals surface area contributed by atoms with Gasteiger partial charge in [-0.3, -0.25) is 10.1 Å². The van der Waals surface area contributed by atoms with Gasteiger partial charge in [0.15, 0.2) is 6.61 Å². The van der Waals surface area contributed by atoms with Gasteiger partial charge in [-0.2, -0.15) is 13.2 Å². The molecule has 0 fully saturated rings. The number of carboxylic acids is 1. The molecule has 0 aromatic heterocycles. The van der Waals surface area contributed by atoms with Crippen molar-refractivity contribution >= 4 is 11.7 Å². The van der Waals surface area contributed by atoms with Crippen molar-refractivity contribution in [2.24, 2.45) is 0 Å². The highest BCUT2D eigenvalue weighted by Crippen LogP contribution is 2.40. The van der Waals surface area contributed by atoms with Gasteiger partial charge in [0.05, 0.1) is 16.1 Å². The number of aliphatic carboxylic acids is 1. The number of nitrogens with zero attached hydrogens (tertiary/aromatic N) is 1. The van der Waals surface area contributed by atoms with E-state index in [4.69, 9.17) is 9.84 Å². The largest absolute Gasteiger partial charge is 0.481 e. The number of ether oxygens (including phenoxy) is 1. The van der Waals surface area contributed by atoms with E-state index in [1.807, 2.05) is 0 Å². The molecule has 2 aromatic rings. The van der Waals surface area contributed by atoms with Crippen molar-refractivity contribution in [3.05, 3.63) is 58.1 Å². The van der Waals surface area contributed by atoms with Crippen LogP contribution in [0.2, 0.25) is 0 Å². The number of hydrogen-bond acceptors (Lipinski definition) is 4. The Bertz CT molecular complexity index is 789. The van der Waals surface area contributed by atoms with Gasteiger partial charge in [0.2, 0.25) is 0 Å². The highest BCUT2D eigenvalue weighted by Gasteiger charge is 2.32. The molecule has 1 N–H and O–H groups in total. The number of rotatable bonds is 5. The number of benzene rings is 2. The number of nitro benzene ring substituents is 1. The van der Waals surface area contributed by atoms with Crippen LogP contribution in [0.25, 0.3) is 11.1 Å². The van der Waals surface area contributed by atoms with E-state index in [-0.39, 0.29) is 16.9 Å². The maximum Gasteiger partial charge on any atom is 0.416 e. The van der Waals surface area contributed by atoms with Crippen molar-refractivity contribution in [3.63, 3.8) is 0 Å². The first-order chi connectivity index (χ1) is 11.2. The minimum Gasteiger partial charge on any atom is -0.481 e. The van der Waals surface area contributed by atoms with Crippen LogP contribution in [0.5, 0.6) is 5.75 Å². The predicted octanol–water partition coefficient (Wildman–Crippen LogP) is 3.74. The Morgan fingerprint density at radius 1 is 1.17 bits per heavy atom. The summed E-state index contributed by atoms with van der Waals surface area (Å²) in [6.07, 6.45) is -4.66. The minimum atomic E-state index is -4.66. The molecular weight excluding hydrogens is 331 g/mol. The number of carboxylic acid groups (broad SMARTS) is 1. The maximum absolute atomic E-state index is 12.9. The Morgan fingerprint density at radius 3 is 2.42 bits per heavy atom. The van der Waals surface area contributed by atoms with E-state index < -0.39 is 34.9 Å². The molecule has 0 saturated carbocycles. The Balaban J connectivity index is 2.64. The molecule has 0 aliphatic rings. The fourth-order valence-corrected chi connectivity index (χ4v) is 2.04. The number of nitro groups is 1. The summed E-state index contributed by atoms with van der Waals surface area (Å²) in [5.74, 6) is -1.52. The molecule has 6 nitrogen and oxygen atoms in total. The summed E-state index contributed by atoms with van der Waals surface area (Å²) in [6, 6.07) is 7.54. The van der Waals surface area contributed by atoms with Crippen LogP contribution >= 0.6 is 0 Å². The smallest absolute Gasteiger partial charge is 0.416 e. The summed E-state index contributed by atoms with van der Waals surface area (Å²) in [7, 11) is 0. The molecule has 0 spiro atoms. The molecule has 0 aliphatic carbocycles. The van der Waals surface area contributed by atoms with Gasteiger partial charge in [0.1, 0.15) is 5.75 Å². The molecule has 24 heavy (non-hydrogen) atoms. The molecular formula is C15H10F3NO5. The minimum absolute atomic E-state index is 0.103. The summed E-state index contributed by atoms with van der Waals surface area (Å²) in [6.45, 7) is -0.793. The highest BCUT2D eigenvalue weighted by molar-refractivity contribution is 5.79. The van der Waals surface area contributed by atoms with E-state index in [2.05, 4.69) is 0 Å². The van der Waals surface area contributed by atoms with Gasteiger partial charge in [-0.15, -0.1) is 0 Å². The molecule has 9 heteroatoms. The van der Waals surface area contributed by atoms with Crippen molar-refractivity contribution in [1.29, 1.82) is 0 Å². The lowest BCUT2D eigenvalue weighted by Gasteiger charge is -2.14. The van der Waals surface area contributed by atoms with Crippen LogP contribution < -0.4 is 4.74 Å². The highest BCUT2D eigenvalue weighted by atomic mass is 19.4. The van der Waals surface area contributed by atoms with Gasteiger partial charge in [-0.05, 0) is 24.3 Å². The number of alkyl halides is 3. The normalized spacial score (nSPS) is 11.1. The van der Waals surface area contributed by atoms with Crippen molar-refractivity contribution < 1.29 is 32.7 Å². The zero-order valence-electron chi connectivity index (χ0n) is 11.9. The quantitative estimate of drug-likeness (QED) is 0.661. The second-order valence-corrected chi connectivity index (χ2v) is 4.67. The molecule has 0 atom stereocenters. The number of para-hydroxylation sites is 1. The SMILES string of the molecule is O=C(O)COc1ccc(C(F)(F)F)cc1-c1ccccc1[N+](=O)[O-]. The number of carbonyl (C=O) groups is 1. The predicted molar refractivity (Wildman–Crippen MR) is 76.7 cm³/mol. The van der Waals surface area contributed by atoms with Crippen LogP contribution in [0.4, 0.5) is 18.9 Å². The molecule has 0 saturated heterocycles. The average molecular weight is 341 g/mol. The van der Waals surface area contributed by atoms with E-state index in [0.717, 1.165) is 18.2 Å². The molecule has 126 valence electrons. The van der Waals surface area contributed by atoms with Crippen molar-refractivity contribution in [3.8, 4) is 16.9 Å². The average Bonchev–Trinajstić information content (AvgIpc) is 2.51. The molecule has 0 aliphatic heterocycles. The van der Waals surface area contributed by atoms with Gasteiger partial charge < -0.3 is 9.84 Å². The fourth-order valence-electron chi connectivity index (χ4n) is 2.04. The second kappa shape index (κ2) is 6.57. The van der Waals surface area contributed by atoms with Crippen LogP contribution in [0, 0.1) is 10.1 Å². The van der Waals surface area contributed by atoms with Gasteiger partial charge >= 0.3 is 12.1 Å². The summed E-state index contributed by atoms with van der Waals surface area (Å²) in [5, 5.41) is 19.8. The fraction of sp³-hybridized carbons (Fsp3) is 0.133. The lowest BCUT2D eigenvalue weighted by atomic mass is 10.00. The van der Waals surface area contributed by atoms with Crippen molar-refractivity contribution in [2.45, 2.75) is 6.18 Å². The molecule has 0 heterocycles. The molecule has 0 bridgehead atoms. The summed E-state index contributed by atoms with van der Waals surface area (Å²) < 4.78 is 43.7. The van der Waals surface area contributed by atoms with Crippen molar-refractivity contribution in [1.82, 2.24) is 0 Å². The van der Waals surface area contributed by atoms with Gasteiger partial charge in [0.25, 0.3) is 5.69 Å². The molecule has 2 rings (SSSR count). The van der Waals surface area contributed by atoms with Crippen LogP contribution in [-0.4, -0.2) is 22.6 Å². The lowest BCUT2D eigenvalue weighted by molar-refractivity contribution is -0.384. The third kappa shape index (κ3) is 3.80. The van der Waals surface area contributed by atoms with Gasteiger partial charge in [-0.1, -0.05) is 12.1 Å². The Hall–Kier alpha value is -3.10. The second-order valence-electron chi connectivity index (χ2n) is 4.67. The monoisotopic (exact) mass is 341 g/mol. The van der Waals surface area contributed by atoms with E-state index in [9.17, 15) is 28.1 Å². The van der Waals surface area contributed by atoms with Gasteiger partial charge in [-0.25, -0.2) is 4.79 Å². The Morgan fingerprint density at radius 2 is 1.83 bits per heavy atom. The Kier molecular flexibility index (Phi) is 4.72. The van der Waals surface area contributed by atoms with E-state index in [1.54, 1.807) is 0 Å². The number of hydrogen-bond donors (Lipinski definition) is 1. The van der Waals surface area contributed by atoms with E-state index >= 15 is 0 Å². The molecule has 0 radical (unpaired) electrons. The van der Waals surface area contributed by atoms with Crippen LogP contribution in [0.3, 0.4) is 0 Å². The van der Waals surface area contributed by atoms with Crippen molar-refractivity contribution in [2.75, 3.05) is 6.61 Å². The molecule has 0 unspecified atom stereocenters. The summed E-state index contributed by atoms with van der Waals surface area (Å²) >= 11 is 0. The van der Waals surface area contributed by atoms with Gasteiger partial charge in [0, 0.05) is 11.6 Å². The first-order valence-corrected chi connectivity index (χ1v) is 6.50. The maximum atomic E-state index is 12.9. The zero-order valence-corrected chi connectivity index (χ0v) is 11.9. The molecule has 2 aromatic carbocycles. The first kappa shape index (κ1) is 17.3. The standard InChI is InChI=1S/C15H10F3NO5/c16-15(17,18)9-5-6-13(24-8-14(20)21)11(7-9)10-3-1-2-4-12(10)19(22)23/h1-7H,8H2,(H,20,21). The van der Waals surface area contributed by atoms with E-state index in [0.29, 0.717) is 6.07 Å². The lowest BCUT2D eigenvalue weighted by Crippen LogP contribution is -2.11. The van der Waals surface area contributed by atoms with Crippen LogP contribution in [-0.2, 0) is 11.0 Å². The Labute approximate surface area is 133 Å².